The molecular weight excluding hydrogens is 226 g/mol. The topological polar surface area (TPSA) is 55.2 Å². The molecule has 1 aromatic heterocycles. The summed E-state index contributed by atoms with van der Waals surface area (Å²) in [6.07, 6.45) is 2.80. The second kappa shape index (κ2) is 3.85. The highest BCUT2D eigenvalue weighted by Crippen LogP contribution is 2.22. The number of nitrogens with zero attached hydrogens (tertiary/aromatic N) is 3. The fraction of sp³-hybridized carbons (Fsp3) is 0.700. The van der Waals surface area contributed by atoms with E-state index in [1.165, 1.54) is 6.26 Å². The first kappa shape index (κ1) is 11.6. The molecule has 0 N–H and O–H groups in total. The van der Waals surface area contributed by atoms with E-state index in [1.54, 1.807) is 6.20 Å². The van der Waals surface area contributed by atoms with Crippen molar-refractivity contribution in [1.29, 1.82) is 0 Å². The minimum Gasteiger partial charge on any atom is -0.293 e. The zero-order valence-corrected chi connectivity index (χ0v) is 10.7. The van der Waals surface area contributed by atoms with Gasteiger partial charge in [-0.15, -0.1) is 0 Å². The number of aromatic nitrogens is 2. The highest BCUT2D eigenvalue weighted by atomic mass is 32.2. The van der Waals surface area contributed by atoms with Gasteiger partial charge in [-0.05, 0) is 5.92 Å². The highest BCUT2D eigenvalue weighted by molar-refractivity contribution is 7.89. The third kappa shape index (κ3) is 2.27. The summed E-state index contributed by atoms with van der Waals surface area (Å²) in [4.78, 5) is 2.29. The number of hydrogen-bond donors (Lipinski definition) is 0. The van der Waals surface area contributed by atoms with Gasteiger partial charge in [0.1, 0.15) is 0 Å². The van der Waals surface area contributed by atoms with Crippen molar-refractivity contribution in [3.8, 4) is 0 Å². The van der Waals surface area contributed by atoms with Crippen LogP contribution in [-0.4, -0.2) is 35.3 Å². The molecule has 2 heterocycles. The molecule has 5 nitrogen and oxygen atoms in total. The van der Waals surface area contributed by atoms with Crippen LogP contribution in [0.25, 0.3) is 0 Å². The van der Waals surface area contributed by atoms with E-state index in [2.05, 4.69) is 23.8 Å². The standard InChI is InChI=1S/C10H17N3O2S/c1-8(2)4-12-5-9-6-13(16(3,14)15)11-10(9)7-12/h6,8H,4-5,7H2,1-3H3. The van der Waals surface area contributed by atoms with E-state index < -0.39 is 10.0 Å². The van der Waals surface area contributed by atoms with Gasteiger partial charge in [-0.3, -0.25) is 4.90 Å². The van der Waals surface area contributed by atoms with Crippen molar-refractivity contribution in [2.75, 3.05) is 12.8 Å². The lowest BCUT2D eigenvalue weighted by Crippen LogP contribution is -2.22. The molecule has 0 saturated heterocycles. The minimum absolute atomic E-state index is 0.617. The Morgan fingerprint density at radius 3 is 2.62 bits per heavy atom. The first-order valence-electron chi connectivity index (χ1n) is 5.36. The molecular formula is C10H17N3O2S. The molecule has 90 valence electrons. The molecule has 0 aromatic carbocycles. The van der Waals surface area contributed by atoms with Gasteiger partial charge in [0, 0.05) is 31.4 Å². The molecule has 2 rings (SSSR count). The van der Waals surface area contributed by atoms with Crippen molar-refractivity contribution in [1.82, 2.24) is 14.1 Å². The number of rotatable bonds is 3. The molecule has 1 aliphatic rings. The van der Waals surface area contributed by atoms with Crippen LogP contribution in [0.4, 0.5) is 0 Å². The molecule has 0 bridgehead atoms. The Labute approximate surface area is 96.1 Å². The van der Waals surface area contributed by atoms with Crippen molar-refractivity contribution >= 4 is 10.0 Å². The predicted octanol–water partition coefficient (Wildman–Crippen LogP) is 0.662. The third-order valence-corrected chi connectivity index (χ3v) is 3.45. The van der Waals surface area contributed by atoms with E-state index in [-0.39, 0.29) is 0 Å². The Bertz CT molecular complexity index is 467. The minimum atomic E-state index is -3.23. The molecule has 16 heavy (non-hydrogen) atoms. The van der Waals surface area contributed by atoms with Gasteiger partial charge in [0.25, 0.3) is 10.0 Å². The smallest absolute Gasteiger partial charge is 0.250 e. The first-order chi connectivity index (χ1) is 7.36. The fourth-order valence-corrected chi connectivity index (χ4v) is 2.57. The maximum atomic E-state index is 11.3. The van der Waals surface area contributed by atoms with Crippen LogP contribution in [-0.2, 0) is 23.1 Å². The summed E-state index contributed by atoms with van der Waals surface area (Å²) in [6, 6.07) is 0. The molecule has 0 saturated carbocycles. The lowest BCUT2D eigenvalue weighted by molar-refractivity contribution is 0.248. The van der Waals surface area contributed by atoms with Crippen LogP contribution in [0.1, 0.15) is 25.1 Å². The summed E-state index contributed by atoms with van der Waals surface area (Å²) in [7, 11) is -3.23. The average Bonchev–Trinajstić information content (AvgIpc) is 2.57. The summed E-state index contributed by atoms with van der Waals surface area (Å²) in [6.45, 7) is 6.94. The SMILES string of the molecule is CC(C)CN1Cc2cn(S(C)(=O)=O)nc2C1. The number of fused-ring (bicyclic) bond motifs is 1. The van der Waals surface area contributed by atoms with Crippen LogP contribution in [0.5, 0.6) is 0 Å². The lowest BCUT2D eigenvalue weighted by Gasteiger charge is -2.17. The summed E-state index contributed by atoms with van der Waals surface area (Å²) in [5.41, 5.74) is 1.93. The van der Waals surface area contributed by atoms with Crippen molar-refractivity contribution in [2.24, 2.45) is 5.92 Å². The second-order valence-corrected chi connectivity index (χ2v) is 6.64. The van der Waals surface area contributed by atoms with Gasteiger partial charge >= 0.3 is 0 Å². The van der Waals surface area contributed by atoms with Gasteiger partial charge in [0.2, 0.25) is 0 Å². The van der Waals surface area contributed by atoms with Crippen LogP contribution >= 0.6 is 0 Å². The Hall–Kier alpha value is -0.880. The van der Waals surface area contributed by atoms with Crippen molar-refractivity contribution in [3.05, 3.63) is 17.5 Å². The van der Waals surface area contributed by atoms with Crippen LogP contribution in [0.3, 0.4) is 0 Å². The Morgan fingerprint density at radius 2 is 2.12 bits per heavy atom. The van der Waals surface area contributed by atoms with Crippen molar-refractivity contribution < 1.29 is 8.42 Å². The molecule has 0 unspecified atom stereocenters. The zero-order valence-electron chi connectivity index (χ0n) is 9.84. The largest absolute Gasteiger partial charge is 0.293 e. The molecule has 1 aromatic rings. The highest BCUT2D eigenvalue weighted by Gasteiger charge is 2.24. The second-order valence-electron chi connectivity index (χ2n) is 4.80. The van der Waals surface area contributed by atoms with E-state index in [4.69, 9.17) is 0 Å². The average molecular weight is 243 g/mol. The Kier molecular flexibility index (Phi) is 2.79. The predicted molar refractivity (Wildman–Crippen MR) is 61.4 cm³/mol. The van der Waals surface area contributed by atoms with Gasteiger partial charge in [-0.2, -0.15) is 9.19 Å². The monoisotopic (exact) mass is 243 g/mol. The molecule has 0 spiro atoms. The van der Waals surface area contributed by atoms with Gasteiger partial charge < -0.3 is 0 Å². The first-order valence-corrected chi connectivity index (χ1v) is 7.21. The van der Waals surface area contributed by atoms with Gasteiger partial charge in [-0.25, -0.2) is 8.42 Å². The summed E-state index contributed by atoms with van der Waals surface area (Å²) in [5, 5.41) is 4.11. The third-order valence-electron chi connectivity index (χ3n) is 2.59. The summed E-state index contributed by atoms with van der Waals surface area (Å²) < 4.78 is 23.6. The van der Waals surface area contributed by atoms with E-state index in [1.807, 2.05) is 0 Å². The fourth-order valence-electron chi connectivity index (χ4n) is 2.01. The lowest BCUT2D eigenvalue weighted by atomic mass is 10.2. The van der Waals surface area contributed by atoms with Crippen molar-refractivity contribution in [2.45, 2.75) is 26.9 Å². The van der Waals surface area contributed by atoms with Gasteiger partial charge in [-0.1, -0.05) is 13.8 Å². The summed E-state index contributed by atoms with van der Waals surface area (Å²) in [5.74, 6) is 0.617. The van der Waals surface area contributed by atoms with Crippen LogP contribution in [0.15, 0.2) is 6.20 Å². The molecule has 0 aliphatic carbocycles. The van der Waals surface area contributed by atoms with Crippen LogP contribution in [0, 0.1) is 5.92 Å². The number of hydrogen-bond acceptors (Lipinski definition) is 4. The Morgan fingerprint density at radius 1 is 1.44 bits per heavy atom. The molecule has 6 heteroatoms. The molecule has 0 radical (unpaired) electrons. The maximum Gasteiger partial charge on any atom is 0.250 e. The quantitative estimate of drug-likeness (QED) is 0.782. The molecule has 1 aliphatic heterocycles. The van der Waals surface area contributed by atoms with Crippen LogP contribution < -0.4 is 0 Å². The molecule has 0 amide bonds. The van der Waals surface area contributed by atoms with Crippen molar-refractivity contribution in [3.63, 3.8) is 0 Å². The molecule has 0 fully saturated rings. The Balaban J connectivity index is 2.14. The van der Waals surface area contributed by atoms with E-state index >= 15 is 0 Å². The summed E-state index contributed by atoms with van der Waals surface area (Å²) >= 11 is 0. The van der Waals surface area contributed by atoms with E-state index in [0.717, 1.165) is 35.0 Å². The van der Waals surface area contributed by atoms with E-state index in [0.29, 0.717) is 5.92 Å². The van der Waals surface area contributed by atoms with Gasteiger partial charge in [0.05, 0.1) is 11.9 Å². The van der Waals surface area contributed by atoms with Gasteiger partial charge in [0.15, 0.2) is 0 Å². The molecule has 0 atom stereocenters. The zero-order chi connectivity index (χ0) is 11.9. The van der Waals surface area contributed by atoms with E-state index in [9.17, 15) is 8.42 Å². The normalized spacial score (nSPS) is 17.0. The van der Waals surface area contributed by atoms with Crippen LogP contribution in [0.2, 0.25) is 0 Å². The maximum absolute atomic E-state index is 11.3.